The quantitative estimate of drug-likeness (QED) is 0.261. The summed E-state index contributed by atoms with van der Waals surface area (Å²) in [6.45, 7) is 8.62. The van der Waals surface area contributed by atoms with Crippen LogP contribution in [0.25, 0.3) is 0 Å². The van der Waals surface area contributed by atoms with E-state index in [-0.39, 0.29) is 37.7 Å². The third kappa shape index (κ3) is 180. The number of carbonyl (C=O) groups is 1. The molecular formula is C7H15CaO6P. The Bertz CT molecular complexity index is 180. The van der Waals surface area contributed by atoms with Crippen LogP contribution in [0.3, 0.4) is 0 Å². The summed E-state index contributed by atoms with van der Waals surface area (Å²) in [6.07, 6.45) is 3.00. The average Bonchev–Trinajstić information content (AvgIpc) is 2.02. The SMILES string of the molecule is C=CC(=O)[O-].O=P(O)(O)O.[CH2-]CCC.[Ca+2]. The first kappa shape index (κ1) is 24.7. The summed E-state index contributed by atoms with van der Waals surface area (Å²) < 4.78 is 8.88. The van der Waals surface area contributed by atoms with E-state index in [1.165, 1.54) is 6.42 Å². The van der Waals surface area contributed by atoms with Gasteiger partial charge in [-0.05, 0) is 6.08 Å². The second-order valence-electron chi connectivity index (χ2n) is 1.89. The number of carboxylic acids is 1. The second-order valence-corrected chi connectivity index (χ2v) is 2.92. The van der Waals surface area contributed by atoms with Crippen molar-refractivity contribution in [2.24, 2.45) is 0 Å². The molecule has 0 atom stereocenters. The van der Waals surface area contributed by atoms with E-state index in [2.05, 4.69) is 20.4 Å². The van der Waals surface area contributed by atoms with Gasteiger partial charge in [0.1, 0.15) is 0 Å². The Morgan fingerprint density at radius 2 is 1.67 bits per heavy atom. The van der Waals surface area contributed by atoms with Crippen LogP contribution in [0.1, 0.15) is 19.8 Å². The third-order valence-electron chi connectivity index (χ3n) is 0.520. The minimum Gasteiger partial charge on any atom is -0.545 e. The van der Waals surface area contributed by atoms with Crippen molar-refractivity contribution < 1.29 is 29.1 Å². The van der Waals surface area contributed by atoms with Gasteiger partial charge in [-0.15, -0.1) is 0 Å². The molecule has 0 radical (unpaired) electrons. The number of rotatable bonds is 2. The zero-order valence-corrected chi connectivity index (χ0v) is 11.7. The van der Waals surface area contributed by atoms with Crippen LogP contribution in [0.15, 0.2) is 12.7 Å². The van der Waals surface area contributed by atoms with Crippen molar-refractivity contribution in [2.75, 3.05) is 0 Å². The van der Waals surface area contributed by atoms with E-state index in [1.54, 1.807) is 0 Å². The van der Waals surface area contributed by atoms with E-state index in [4.69, 9.17) is 29.1 Å². The molecule has 0 rings (SSSR count). The average molecular weight is 266 g/mol. The molecule has 0 aromatic rings. The summed E-state index contributed by atoms with van der Waals surface area (Å²) in [7, 11) is -4.64. The van der Waals surface area contributed by atoms with E-state index >= 15 is 0 Å². The van der Waals surface area contributed by atoms with Gasteiger partial charge in [-0.25, -0.2) is 4.57 Å². The van der Waals surface area contributed by atoms with E-state index in [9.17, 15) is 0 Å². The zero-order chi connectivity index (χ0) is 12.2. The Hall–Kier alpha value is 0.580. The minimum atomic E-state index is -4.64. The van der Waals surface area contributed by atoms with Gasteiger partial charge in [0.15, 0.2) is 0 Å². The molecule has 0 aromatic carbocycles. The number of carbonyl (C=O) groups excluding carboxylic acids is 1. The van der Waals surface area contributed by atoms with Crippen LogP contribution in [0, 0.1) is 6.92 Å². The molecule has 0 aliphatic carbocycles. The molecule has 0 saturated carbocycles. The Morgan fingerprint density at radius 3 is 1.67 bits per heavy atom. The molecule has 0 saturated heterocycles. The van der Waals surface area contributed by atoms with Gasteiger partial charge in [-0.3, -0.25) is 0 Å². The third-order valence-corrected chi connectivity index (χ3v) is 0.520. The molecule has 8 heteroatoms. The molecular weight excluding hydrogens is 251 g/mol. The summed E-state index contributed by atoms with van der Waals surface area (Å²) >= 11 is 0. The van der Waals surface area contributed by atoms with Crippen molar-refractivity contribution in [1.82, 2.24) is 0 Å². The van der Waals surface area contributed by atoms with Crippen LogP contribution < -0.4 is 5.11 Å². The van der Waals surface area contributed by atoms with Crippen LogP contribution in [0.2, 0.25) is 0 Å². The molecule has 0 amide bonds. The van der Waals surface area contributed by atoms with Crippen molar-refractivity contribution in [3.63, 3.8) is 0 Å². The van der Waals surface area contributed by atoms with E-state index in [1.807, 2.05) is 0 Å². The van der Waals surface area contributed by atoms with Crippen molar-refractivity contribution in [2.45, 2.75) is 19.8 Å². The van der Waals surface area contributed by atoms with E-state index < -0.39 is 13.8 Å². The van der Waals surface area contributed by atoms with Crippen molar-refractivity contribution in [3.05, 3.63) is 19.6 Å². The first-order chi connectivity index (χ1) is 6.18. The Morgan fingerprint density at radius 1 is 1.53 bits per heavy atom. The predicted molar refractivity (Wildman–Crippen MR) is 55.5 cm³/mol. The van der Waals surface area contributed by atoms with Crippen LogP contribution in [0.5, 0.6) is 0 Å². The summed E-state index contributed by atoms with van der Waals surface area (Å²) in [4.78, 5) is 30.7. The standard InChI is InChI=1S/C4H9.C3H4O2.Ca.H3O4P/c1-3-4-2;1-2-3(4)5;;1-5(2,3)4/h1,3-4H2,2H3;2H,1H2,(H,4,5);;(H3,1,2,3,4)/q-1;;+2;/p-1. The molecule has 86 valence electrons. The van der Waals surface area contributed by atoms with Crippen LogP contribution in [0.4, 0.5) is 0 Å². The smallest absolute Gasteiger partial charge is 0.545 e. The molecule has 6 nitrogen and oxygen atoms in total. The van der Waals surface area contributed by atoms with Crippen molar-refractivity contribution in [1.29, 1.82) is 0 Å². The largest absolute Gasteiger partial charge is 2.00 e. The normalized spacial score (nSPS) is 8.07. The van der Waals surface area contributed by atoms with Crippen LogP contribution in [-0.4, -0.2) is 58.4 Å². The fraction of sp³-hybridized carbons (Fsp3) is 0.429. The van der Waals surface area contributed by atoms with Gasteiger partial charge in [0, 0.05) is 0 Å². The Labute approximate surface area is 119 Å². The monoisotopic (exact) mass is 266 g/mol. The maximum absolute atomic E-state index is 9.14. The fourth-order valence-electron chi connectivity index (χ4n) is 0. The molecule has 0 heterocycles. The molecule has 0 aliphatic heterocycles. The minimum absolute atomic E-state index is 0. The van der Waals surface area contributed by atoms with Gasteiger partial charge in [0.25, 0.3) is 0 Å². The fourth-order valence-corrected chi connectivity index (χ4v) is 0. The molecule has 0 bridgehead atoms. The summed E-state index contributed by atoms with van der Waals surface area (Å²) in [6, 6.07) is 0. The number of aliphatic carboxylic acids is 1. The summed E-state index contributed by atoms with van der Waals surface area (Å²) in [5, 5.41) is 9.14. The first-order valence-electron chi connectivity index (χ1n) is 3.59. The van der Waals surface area contributed by atoms with Crippen LogP contribution >= 0.6 is 7.82 Å². The van der Waals surface area contributed by atoms with Gasteiger partial charge in [0.2, 0.25) is 0 Å². The number of phosphoric acid groups is 1. The molecule has 0 aromatic heterocycles. The van der Waals surface area contributed by atoms with E-state index in [0.717, 1.165) is 12.5 Å². The van der Waals surface area contributed by atoms with Crippen LogP contribution in [-0.2, 0) is 9.36 Å². The van der Waals surface area contributed by atoms with Gasteiger partial charge in [0.05, 0.1) is 5.97 Å². The van der Waals surface area contributed by atoms with Gasteiger partial charge < -0.3 is 31.5 Å². The van der Waals surface area contributed by atoms with Gasteiger partial charge in [-0.1, -0.05) is 19.9 Å². The first-order valence-corrected chi connectivity index (χ1v) is 5.16. The number of unbranched alkanes of at least 4 members (excludes halogenated alkanes) is 1. The molecule has 0 fully saturated rings. The van der Waals surface area contributed by atoms with Crippen molar-refractivity contribution >= 4 is 51.5 Å². The zero-order valence-electron chi connectivity index (χ0n) is 8.63. The number of hydrogen-bond donors (Lipinski definition) is 3. The molecule has 0 aliphatic rings. The Balaban J connectivity index is -0.0000000590. The summed E-state index contributed by atoms with van der Waals surface area (Å²) in [5.74, 6) is -1.23. The molecule has 15 heavy (non-hydrogen) atoms. The molecule has 0 spiro atoms. The maximum atomic E-state index is 9.14. The van der Waals surface area contributed by atoms with E-state index in [0.29, 0.717) is 0 Å². The second kappa shape index (κ2) is 17.0. The predicted octanol–water partition coefficient (Wildman–Crippen LogP) is -0.767. The van der Waals surface area contributed by atoms with Gasteiger partial charge in [-0.2, -0.15) is 6.42 Å². The Kier molecular flexibility index (Phi) is 28.0. The number of carboxylic acid groups (broad SMARTS) is 1. The number of hydrogen-bond acceptors (Lipinski definition) is 3. The maximum Gasteiger partial charge on any atom is 2.00 e. The molecule has 0 unspecified atom stereocenters. The summed E-state index contributed by atoms with van der Waals surface area (Å²) in [5.41, 5.74) is 0. The van der Waals surface area contributed by atoms with Gasteiger partial charge >= 0.3 is 45.6 Å². The molecule has 3 N–H and O–H groups in total. The topological polar surface area (TPSA) is 118 Å². The van der Waals surface area contributed by atoms with Crippen molar-refractivity contribution in [3.8, 4) is 0 Å².